The summed E-state index contributed by atoms with van der Waals surface area (Å²) in [6.45, 7) is 7.57. The molecule has 0 saturated carbocycles. The Morgan fingerprint density at radius 3 is 2.90 bits per heavy atom. The lowest BCUT2D eigenvalue weighted by Crippen LogP contribution is -2.37. The number of anilines is 1. The van der Waals surface area contributed by atoms with Crippen molar-refractivity contribution in [2.24, 2.45) is 0 Å². The highest BCUT2D eigenvalue weighted by atomic mass is 32.2. The van der Waals surface area contributed by atoms with E-state index in [0.29, 0.717) is 22.7 Å². The minimum atomic E-state index is -0.490. The third kappa shape index (κ3) is 5.41. The van der Waals surface area contributed by atoms with Gasteiger partial charge in [0.1, 0.15) is 18.5 Å². The number of benzene rings is 1. The topological polar surface area (TPSA) is 58.7 Å². The summed E-state index contributed by atoms with van der Waals surface area (Å²) in [5.41, 5.74) is 6.43. The number of aliphatic hydroxyl groups excluding tert-OH is 1. The van der Waals surface area contributed by atoms with Gasteiger partial charge in [-0.05, 0) is 25.1 Å². The molecule has 21 heavy (non-hydrogen) atoms. The van der Waals surface area contributed by atoms with Crippen molar-refractivity contribution in [3.63, 3.8) is 0 Å². The van der Waals surface area contributed by atoms with Crippen molar-refractivity contribution in [3.8, 4) is 5.75 Å². The molecule has 1 aliphatic heterocycles. The molecule has 0 amide bonds. The van der Waals surface area contributed by atoms with E-state index in [1.807, 2.05) is 30.0 Å². The van der Waals surface area contributed by atoms with Crippen LogP contribution in [0, 0.1) is 0 Å². The van der Waals surface area contributed by atoms with Gasteiger partial charge >= 0.3 is 0 Å². The fourth-order valence-corrected chi connectivity index (χ4v) is 3.53. The molecule has 4 nitrogen and oxygen atoms in total. The van der Waals surface area contributed by atoms with E-state index in [2.05, 4.69) is 18.7 Å². The summed E-state index contributed by atoms with van der Waals surface area (Å²) < 4.78 is 5.95. The monoisotopic (exact) mass is 310 g/mol. The Bertz CT molecular complexity index is 454. The van der Waals surface area contributed by atoms with Gasteiger partial charge in [-0.2, -0.15) is 11.8 Å². The average Bonchev–Trinajstić information content (AvgIpc) is 2.59. The molecule has 1 aromatic rings. The first-order chi connectivity index (χ1) is 9.96. The molecule has 1 unspecified atom stereocenters. The highest BCUT2D eigenvalue weighted by Crippen LogP contribution is 2.30. The summed E-state index contributed by atoms with van der Waals surface area (Å²) in [7, 11) is 0. The molecule has 0 radical (unpaired) electrons. The number of ether oxygens (including phenoxy) is 1. The Hall–Kier alpha value is -0.910. The molecule has 1 fully saturated rings. The normalized spacial score (nSPS) is 20.7. The minimum Gasteiger partial charge on any atom is -0.489 e. The number of para-hydroxylation sites is 2. The van der Waals surface area contributed by atoms with Crippen molar-refractivity contribution < 1.29 is 9.84 Å². The first-order valence-corrected chi connectivity index (χ1v) is 8.46. The van der Waals surface area contributed by atoms with Crippen LogP contribution in [0.4, 0.5) is 5.69 Å². The Morgan fingerprint density at radius 1 is 1.38 bits per heavy atom. The molecule has 1 aliphatic rings. The maximum Gasteiger partial charge on any atom is 0.142 e. The van der Waals surface area contributed by atoms with Crippen molar-refractivity contribution >= 4 is 17.4 Å². The standard InChI is InChI=1S/C16H26N2O2S/c1-16(2)7-8-18(9-10-21-16)11-13(19)12-20-15-6-4-3-5-14(15)17/h3-6,13,19H,7-12,17H2,1-2H3. The van der Waals surface area contributed by atoms with E-state index in [9.17, 15) is 5.11 Å². The molecule has 0 aromatic heterocycles. The molecule has 2 rings (SSSR count). The fraction of sp³-hybridized carbons (Fsp3) is 0.625. The van der Waals surface area contributed by atoms with Crippen molar-refractivity contribution in [1.29, 1.82) is 0 Å². The lowest BCUT2D eigenvalue weighted by molar-refractivity contribution is 0.0702. The Morgan fingerprint density at radius 2 is 2.14 bits per heavy atom. The second-order valence-corrected chi connectivity index (χ2v) is 7.96. The summed E-state index contributed by atoms with van der Waals surface area (Å²) in [6, 6.07) is 7.38. The maximum atomic E-state index is 10.2. The van der Waals surface area contributed by atoms with Gasteiger partial charge in [0, 0.05) is 23.6 Å². The number of β-amino-alcohol motifs (C(OH)–C–C–N with tert-alkyl or cyclic N) is 1. The highest BCUT2D eigenvalue weighted by Gasteiger charge is 2.24. The molecule has 5 heteroatoms. The molecule has 1 heterocycles. The molecule has 3 N–H and O–H groups in total. The number of rotatable bonds is 5. The van der Waals surface area contributed by atoms with Gasteiger partial charge in [-0.3, -0.25) is 4.90 Å². The third-order valence-electron chi connectivity index (χ3n) is 3.75. The predicted molar refractivity (Wildman–Crippen MR) is 90.0 cm³/mol. The van der Waals surface area contributed by atoms with Crippen LogP contribution in [0.5, 0.6) is 5.75 Å². The molecule has 1 saturated heterocycles. The first kappa shape index (κ1) is 16.5. The van der Waals surface area contributed by atoms with Gasteiger partial charge in [0.2, 0.25) is 0 Å². The molecule has 1 atom stereocenters. The van der Waals surface area contributed by atoms with Crippen LogP contribution < -0.4 is 10.5 Å². The molecular formula is C16H26N2O2S. The SMILES string of the molecule is CC1(C)CCN(CC(O)COc2ccccc2N)CCS1. The zero-order valence-corrected chi connectivity index (χ0v) is 13.7. The van der Waals surface area contributed by atoms with Crippen molar-refractivity contribution in [2.75, 3.05) is 37.7 Å². The third-order valence-corrected chi connectivity index (χ3v) is 5.12. The van der Waals surface area contributed by atoms with Gasteiger partial charge in [-0.15, -0.1) is 0 Å². The molecule has 1 aromatic carbocycles. The number of nitrogens with two attached hydrogens (primary N) is 1. The quantitative estimate of drug-likeness (QED) is 0.817. The van der Waals surface area contributed by atoms with Crippen LogP contribution in [0.3, 0.4) is 0 Å². The summed E-state index contributed by atoms with van der Waals surface area (Å²) in [6.07, 6.45) is 0.660. The second-order valence-electron chi connectivity index (χ2n) is 6.16. The average molecular weight is 310 g/mol. The summed E-state index contributed by atoms with van der Waals surface area (Å²) in [5, 5.41) is 10.2. The second kappa shape index (κ2) is 7.38. The van der Waals surface area contributed by atoms with E-state index in [4.69, 9.17) is 10.5 Å². The predicted octanol–water partition coefficient (Wildman–Crippen LogP) is 2.23. The largest absolute Gasteiger partial charge is 0.489 e. The molecule has 0 spiro atoms. The smallest absolute Gasteiger partial charge is 0.142 e. The van der Waals surface area contributed by atoms with Gasteiger partial charge in [-0.1, -0.05) is 26.0 Å². The molecular weight excluding hydrogens is 284 g/mol. The van der Waals surface area contributed by atoms with Gasteiger partial charge in [0.25, 0.3) is 0 Å². The lowest BCUT2D eigenvalue weighted by atomic mass is 10.1. The van der Waals surface area contributed by atoms with E-state index in [1.54, 1.807) is 6.07 Å². The van der Waals surface area contributed by atoms with Crippen LogP contribution in [-0.2, 0) is 0 Å². The van der Waals surface area contributed by atoms with Gasteiger partial charge in [-0.25, -0.2) is 0 Å². The van der Waals surface area contributed by atoms with Crippen molar-refractivity contribution in [1.82, 2.24) is 4.90 Å². The minimum absolute atomic E-state index is 0.279. The summed E-state index contributed by atoms with van der Waals surface area (Å²) in [5.74, 6) is 1.76. The zero-order chi connectivity index (χ0) is 15.3. The Labute approximate surface area is 131 Å². The summed E-state index contributed by atoms with van der Waals surface area (Å²) in [4.78, 5) is 2.32. The number of hydrogen-bond donors (Lipinski definition) is 2. The Balaban J connectivity index is 1.77. The highest BCUT2D eigenvalue weighted by molar-refractivity contribution is 8.00. The van der Waals surface area contributed by atoms with Crippen LogP contribution in [0.2, 0.25) is 0 Å². The van der Waals surface area contributed by atoms with E-state index >= 15 is 0 Å². The van der Waals surface area contributed by atoms with E-state index in [-0.39, 0.29) is 6.61 Å². The molecule has 118 valence electrons. The van der Waals surface area contributed by atoms with Crippen LogP contribution in [0.15, 0.2) is 24.3 Å². The number of thioether (sulfide) groups is 1. The summed E-state index contributed by atoms with van der Waals surface area (Å²) >= 11 is 2.01. The number of nitrogen functional groups attached to an aromatic ring is 1. The van der Waals surface area contributed by atoms with E-state index in [1.165, 1.54) is 0 Å². The fourth-order valence-electron chi connectivity index (χ4n) is 2.39. The Kier molecular flexibility index (Phi) is 5.79. The van der Waals surface area contributed by atoms with Gasteiger partial charge in [0.15, 0.2) is 0 Å². The van der Waals surface area contributed by atoms with Crippen LogP contribution in [-0.4, -0.2) is 52.9 Å². The number of hydrogen-bond acceptors (Lipinski definition) is 5. The molecule has 0 bridgehead atoms. The van der Waals surface area contributed by atoms with Crippen LogP contribution >= 0.6 is 11.8 Å². The van der Waals surface area contributed by atoms with Gasteiger partial charge in [0.05, 0.1) is 5.69 Å². The number of aliphatic hydroxyl groups is 1. The van der Waals surface area contributed by atoms with E-state index < -0.39 is 6.10 Å². The van der Waals surface area contributed by atoms with Crippen LogP contribution in [0.1, 0.15) is 20.3 Å². The van der Waals surface area contributed by atoms with Crippen LogP contribution in [0.25, 0.3) is 0 Å². The first-order valence-electron chi connectivity index (χ1n) is 7.48. The van der Waals surface area contributed by atoms with Crippen molar-refractivity contribution in [3.05, 3.63) is 24.3 Å². The zero-order valence-electron chi connectivity index (χ0n) is 12.9. The lowest BCUT2D eigenvalue weighted by Gasteiger charge is -2.24. The molecule has 0 aliphatic carbocycles. The maximum absolute atomic E-state index is 10.2. The van der Waals surface area contributed by atoms with E-state index in [0.717, 1.165) is 25.3 Å². The van der Waals surface area contributed by atoms with Crippen molar-refractivity contribution in [2.45, 2.75) is 31.1 Å². The number of nitrogens with zero attached hydrogens (tertiary/aromatic N) is 1. The van der Waals surface area contributed by atoms with Gasteiger partial charge < -0.3 is 15.6 Å².